The lowest BCUT2D eigenvalue weighted by molar-refractivity contribution is -0.167. The summed E-state index contributed by atoms with van der Waals surface area (Å²) in [6.45, 7) is 8.91. The molecule has 0 bridgehead atoms. The minimum absolute atomic E-state index is 0.0645. The van der Waals surface area contributed by atoms with Crippen LogP contribution in [0.25, 0.3) is 0 Å². The smallest absolute Gasteiger partial charge is 0.306 e. The molecule has 6 nitrogen and oxygen atoms in total. The highest BCUT2D eigenvalue weighted by Crippen LogP contribution is 2.16. The van der Waals surface area contributed by atoms with E-state index in [2.05, 4.69) is 27.7 Å². The zero-order valence-electron chi connectivity index (χ0n) is 36.0. The fraction of sp³-hybridized carbons (Fsp3) is 0.936. The molecule has 314 valence electrons. The Labute approximate surface area is 329 Å². The number of hydrogen-bond acceptors (Lipinski definition) is 6. The van der Waals surface area contributed by atoms with E-state index in [0.29, 0.717) is 19.3 Å². The van der Waals surface area contributed by atoms with Gasteiger partial charge in [0.1, 0.15) is 13.2 Å². The second-order valence-corrected chi connectivity index (χ2v) is 16.5. The second-order valence-electron chi connectivity index (χ2n) is 16.5. The van der Waals surface area contributed by atoms with Gasteiger partial charge in [-0.05, 0) is 25.2 Å². The summed E-state index contributed by atoms with van der Waals surface area (Å²) in [5, 5.41) is 0. The normalized spacial score (nSPS) is 11.9. The van der Waals surface area contributed by atoms with E-state index in [1.54, 1.807) is 0 Å². The molecule has 0 aliphatic carbocycles. The predicted octanol–water partition coefficient (Wildman–Crippen LogP) is 14.7. The quantitative estimate of drug-likeness (QED) is 0.0351. The Morgan fingerprint density at radius 2 is 0.623 bits per heavy atom. The molecule has 0 rings (SSSR count). The van der Waals surface area contributed by atoms with Crippen molar-refractivity contribution >= 4 is 17.9 Å². The maximum atomic E-state index is 12.6. The maximum absolute atomic E-state index is 12.6. The molecule has 0 saturated heterocycles. The first-order chi connectivity index (χ1) is 25.9. The van der Waals surface area contributed by atoms with Crippen molar-refractivity contribution in [2.24, 2.45) is 5.92 Å². The summed E-state index contributed by atoms with van der Waals surface area (Å²) in [5.41, 5.74) is 0. The van der Waals surface area contributed by atoms with Crippen LogP contribution in [0.2, 0.25) is 0 Å². The Morgan fingerprint density at radius 1 is 0.358 bits per heavy atom. The highest BCUT2D eigenvalue weighted by molar-refractivity contribution is 5.71. The molecule has 0 saturated carbocycles. The fourth-order valence-electron chi connectivity index (χ4n) is 6.98. The van der Waals surface area contributed by atoms with Gasteiger partial charge in [-0.2, -0.15) is 0 Å². The number of carbonyl (C=O) groups is 3. The van der Waals surface area contributed by atoms with Crippen molar-refractivity contribution in [1.82, 2.24) is 0 Å². The molecule has 0 aliphatic rings. The summed E-state index contributed by atoms with van der Waals surface area (Å²) >= 11 is 0. The van der Waals surface area contributed by atoms with Crippen LogP contribution in [0.15, 0.2) is 0 Å². The lowest BCUT2D eigenvalue weighted by Gasteiger charge is -2.18. The first-order valence-electron chi connectivity index (χ1n) is 23.4. The highest BCUT2D eigenvalue weighted by atomic mass is 16.6. The topological polar surface area (TPSA) is 78.9 Å². The summed E-state index contributed by atoms with van der Waals surface area (Å²) < 4.78 is 16.7. The average molecular weight is 751 g/mol. The first kappa shape index (κ1) is 51.4. The summed E-state index contributed by atoms with van der Waals surface area (Å²) in [6.07, 6.45) is 41.1. The van der Waals surface area contributed by atoms with Crippen LogP contribution in [-0.4, -0.2) is 37.2 Å². The van der Waals surface area contributed by atoms with Crippen molar-refractivity contribution in [2.45, 2.75) is 265 Å². The van der Waals surface area contributed by atoms with E-state index in [1.165, 1.54) is 154 Å². The molecule has 0 N–H and O–H groups in total. The molecule has 0 radical (unpaired) electrons. The van der Waals surface area contributed by atoms with E-state index < -0.39 is 6.10 Å². The van der Waals surface area contributed by atoms with Gasteiger partial charge in [-0.3, -0.25) is 14.4 Å². The molecule has 0 heterocycles. The maximum Gasteiger partial charge on any atom is 0.306 e. The van der Waals surface area contributed by atoms with Gasteiger partial charge in [-0.25, -0.2) is 0 Å². The van der Waals surface area contributed by atoms with Crippen LogP contribution in [0.1, 0.15) is 259 Å². The zero-order valence-corrected chi connectivity index (χ0v) is 36.0. The van der Waals surface area contributed by atoms with Crippen molar-refractivity contribution in [3.63, 3.8) is 0 Å². The van der Waals surface area contributed by atoms with Crippen molar-refractivity contribution < 1.29 is 28.6 Å². The predicted molar refractivity (Wildman–Crippen MR) is 224 cm³/mol. The van der Waals surface area contributed by atoms with E-state index >= 15 is 0 Å². The van der Waals surface area contributed by atoms with Crippen LogP contribution in [0.4, 0.5) is 0 Å². The third-order valence-electron chi connectivity index (χ3n) is 10.5. The Morgan fingerprint density at radius 3 is 0.925 bits per heavy atom. The van der Waals surface area contributed by atoms with E-state index in [9.17, 15) is 14.4 Å². The van der Waals surface area contributed by atoms with Crippen LogP contribution in [0, 0.1) is 5.92 Å². The van der Waals surface area contributed by atoms with Crippen LogP contribution in [0.5, 0.6) is 0 Å². The van der Waals surface area contributed by atoms with Gasteiger partial charge in [0.25, 0.3) is 0 Å². The summed E-state index contributed by atoms with van der Waals surface area (Å²) in [4.78, 5) is 37.6. The van der Waals surface area contributed by atoms with Crippen molar-refractivity contribution in [2.75, 3.05) is 13.2 Å². The SMILES string of the molecule is CCCCCCCCCCCCCCCCCCCC(=O)OC[C@@H](COC(=O)CCCCCCCCC(C)C)OC(=O)CCCCCCCCCCC. The lowest BCUT2D eigenvalue weighted by atomic mass is 10.0. The second kappa shape index (κ2) is 41.6. The molecule has 0 spiro atoms. The summed E-state index contributed by atoms with van der Waals surface area (Å²) in [6, 6.07) is 0. The molecule has 0 aromatic heterocycles. The number of hydrogen-bond donors (Lipinski definition) is 0. The molecule has 0 fully saturated rings. The number of esters is 3. The van der Waals surface area contributed by atoms with Crippen LogP contribution >= 0.6 is 0 Å². The molecule has 1 atom stereocenters. The monoisotopic (exact) mass is 751 g/mol. The number of ether oxygens (including phenoxy) is 3. The first-order valence-corrected chi connectivity index (χ1v) is 23.4. The Bertz CT molecular complexity index is 796. The standard InChI is InChI=1S/C47H90O6/c1-5-7-9-11-13-15-16-17-18-19-20-21-22-24-25-30-34-38-45(48)51-41-44(53-47(50)40-36-32-26-23-14-12-10-8-6-2)42-52-46(49)39-35-31-28-27-29-33-37-43(3)4/h43-44H,5-42H2,1-4H3/t44-/m0/s1. The van der Waals surface area contributed by atoms with E-state index in [1.807, 2.05) is 0 Å². The molecule has 53 heavy (non-hydrogen) atoms. The van der Waals surface area contributed by atoms with Gasteiger partial charge in [0, 0.05) is 19.3 Å². The fourth-order valence-corrected chi connectivity index (χ4v) is 6.98. The largest absolute Gasteiger partial charge is 0.462 e. The molecule has 0 unspecified atom stereocenters. The Kier molecular flexibility index (Phi) is 40.3. The number of carbonyl (C=O) groups excluding carboxylic acids is 3. The minimum Gasteiger partial charge on any atom is -0.462 e. The van der Waals surface area contributed by atoms with Crippen LogP contribution in [-0.2, 0) is 28.6 Å². The van der Waals surface area contributed by atoms with E-state index in [4.69, 9.17) is 14.2 Å². The summed E-state index contributed by atoms with van der Waals surface area (Å²) in [7, 11) is 0. The Hall–Kier alpha value is -1.59. The van der Waals surface area contributed by atoms with Crippen molar-refractivity contribution in [3.05, 3.63) is 0 Å². The highest BCUT2D eigenvalue weighted by Gasteiger charge is 2.19. The van der Waals surface area contributed by atoms with Gasteiger partial charge >= 0.3 is 17.9 Å². The van der Waals surface area contributed by atoms with Crippen molar-refractivity contribution in [3.8, 4) is 0 Å². The minimum atomic E-state index is -0.759. The molecule has 0 aromatic carbocycles. The van der Waals surface area contributed by atoms with Crippen LogP contribution < -0.4 is 0 Å². The summed E-state index contributed by atoms with van der Waals surface area (Å²) in [5.74, 6) is -0.0965. The molecular formula is C47H90O6. The van der Waals surface area contributed by atoms with Crippen molar-refractivity contribution in [1.29, 1.82) is 0 Å². The molecule has 0 aromatic rings. The zero-order chi connectivity index (χ0) is 38.9. The lowest BCUT2D eigenvalue weighted by Crippen LogP contribution is -2.30. The molecule has 6 heteroatoms. The molecule has 0 aliphatic heterocycles. The van der Waals surface area contributed by atoms with Gasteiger partial charge < -0.3 is 14.2 Å². The van der Waals surface area contributed by atoms with E-state index in [0.717, 1.165) is 63.7 Å². The Balaban J connectivity index is 4.22. The van der Waals surface area contributed by atoms with E-state index in [-0.39, 0.29) is 31.1 Å². The van der Waals surface area contributed by atoms with Gasteiger partial charge in [-0.1, -0.05) is 220 Å². The van der Waals surface area contributed by atoms with Gasteiger partial charge in [-0.15, -0.1) is 0 Å². The van der Waals surface area contributed by atoms with Gasteiger partial charge in [0.2, 0.25) is 0 Å². The number of rotatable bonds is 42. The van der Waals surface area contributed by atoms with Gasteiger partial charge in [0.05, 0.1) is 0 Å². The number of unbranched alkanes of at least 4 members (excludes halogenated alkanes) is 29. The third kappa shape index (κ3) is 41.4. The molecule has 0 amide bonds. The third-order valence-corrected chi connectivity index (χ3v) is 10.5. The molecular weight excluding hydrogens is 661 g/mol. The van der Waals surface area contributed by atoms with Crippen LogP contribution in [0.3, 0.4) is 0 Å². The van der Waals surface area contributed by atoms with Gasteiger partial charge in [0.15, 0.2) is 6.10 Å². The average Bonchev–Trinajstić information content (AvgIpc) is 3.14.